The lowest BCUT2D eigenvalue weighted by Gasteiger charge is -2.39. The monoisotopic (exact) mass is 542 g/mol. The second-order valence-electron chi connectivity index (χ2n) is 9.89. The second kappa shape index (κ2) is 12.2. The lowest BCUT2D eigenvalue weighted by atomic mass is 9.85. The molecule has 1 aliphatic rings. The zero-order chi connectivity index (χ0) is 28.1. The van der Waals surface area contributed by atoms with Crippen LogP contribution in [0.25, 0.3) is 0 Å². The zero-order valence-electron chi connectivity index (χ0n) is 23.3. The number of nitrogens with zero attached hydrogens (tertiary/aromatic N) is 4. The summed E-state index contributed by atoms with van der Waals surface area (Å²) in [7, 11) is 3.22. The van der Waals surface area contributed by atoms with Crippen molar-refractivity contribution in [1.82, 2.24) is 19.9 Å². The molecule has 1 amide bonds. The molecule has 0 saturated carbocycles. The highest BCUT2D eigenvalue weighted by atomic mass is 16.5. The molecule has 1 unspecified atom stereocenters. The van der Waals surface area contributed by atoms with Gasteiger partial charge in [0, 0.05) is 38.2 Å². The third-order valence-electron chi connectivity index (χ3n) is 7.30. The van der Waals surface area contributed by atoms with Gasteiger partial charge in [-0.2, -0.15) is 0 Å². The fourth-order valence-corrected chi connectivity index (χ4v) is 5.33. The van der Waals surface area contributed by atoms with Gasteiger partial charge in [0.15, 0.2) is 17.9 Å². The van der Waals surface area contributed by atoms with Crippen molar-refractivity contribution in [3.63, 3.8) is 0 Å². The van der Waals surface area contributed by atoms with E-state index in [1.807, 2.05) is 17.0 Å². The number of amides is 1. The van der Waals surface area contributed by atoms with Gasteiger partial charge in [-0.15, -0.1) is 0 Å². The van der Waals surface area contributed by atoms with Gasteiger partial charge >= 0.3 is 0 Å². The molecule has 0 N–H and O–H groups in total. The number of ether oxygens (including phenoxy) is 3. The zero-order valence-corrected chi connectivity index (χ0v) is 23.3. The third-order valence-corrected chi connectivity index (χ3v) is 7.30. The summed E-state index contributed by atoms with van der Waals surface area (Å²) in [6.07, 6.45) is 8.34. The van der Waals surface area contributed by atoms with Crippen molar-refractivity contribution < 1.29 is 23.4 Å². The fraction of sp³-hybridized carbons (Fsp3) is 0.355. The van der Waals surface area contributed by atoms with E-state index >= 15 is 0 Å². The molecule has 0 spiro atoms. The Hall–Kier alpha value is -4.40. The van der Waals surface area contributed by atoms with E-state index in [0.717, 1.165) is 40.1 Å². The first-order valence-electron chi connectivity index (χ1n) is 13.4. The summed E-state index contributed by atoms with van der Waals surface area (Å²) in [6.45, 7) is 5.15. The molecule has 0 fully saturated rings. The highest BCUT2D eigenvalue weighted by Gasteiger charge is 2.34. The number of fused-ring (bicyclic) bond motifs is 1. The molecule has 9 nitrogen and oxygen atoms in total. The first-order chi connectivity index (χ1) is 19.5. The summed E-state index contributed by atoms with van der Waals surface area (Å²) < 4.78 is 22.4. The van der Waals surface area contributed by atoms with Gasteiger partial charge in [-0.05, 0) is 54.7 Å². The van der Waals surface area contributed by atoms with Gasteiger partial charge in [-0.1, -0.05) is 23.8 Å². The average molecular weight is 543 g/mol. The molecule has 40 heavy (non-hydrogen) atoms. The quantitative estimate of drug-likeness (QED) is 0.281. The standard InChI is InChI=1S/C31H34N4O5/c1-20-5-7-24(21(2)15-20)30-25-17-28(40-14-10-26-31(38-4)33-12-11-32-26)27(37-3)16-22(25)9-13-35(30)29(36)8-6-23-18-39-19-34-23/h5,7,11-12,15-19,30H,6,8-10,13-14H2,1-4H3. The Morgan fingerprint density at radius 3 is 2.60 bits per heavy atom. The Bertz CT molecular complexity index is 1470. The van der Waals surface area contributed by atoms with Crippen LogP contribution in [-0.4, -0.2) is 53.1 Å². The van der Waals surface area contributed by atoms with Crippen LogP contribution in [0.15, 0.2) is 59.8 Å². The van der Waals surface area contributed by atoms with Crippen LogP contribution in [0.5, 0.6) is 17.4 Å². The van der Waals surface area contributed by atoms with Crippen LogP contribution < -0.4 is 14.2 Å². The Kier molecular flexibility index (Phi) is 8.28. The minimum Gasteiger partial charge on any atom is -0.493 e. The van der Waals surface area contributed by atoms with Crippen molar-refractivity contribution in [3.8, 4) is 17.4 Å². The first-order valence-corrected chi connectivity index (χ1v) is 13.4. The highest BCUT2D eigenvalue weighted by molar-refractivity contribution is 5.78. The van der Waals surface area contributed by atoms with Gasteiger partial charge in [0.25, 0.3) is 0 Å². The van der Waals surface area contributed by atoms with Crippen molar-refractivity contribution in [2.75, 3.05) is 27.4 Å². The molecule has 3 heterocycles. The van der Waals surface area contributed by atoms with E-state index in [2.05, 4.69) is 47.0 Å². The molecule has 2 aromatic carbocycles. The lowest BCUT2D eigenvalue weighted by molar-refractivity contribution is -0.133. The van der Waals surface area contributed by atoms with Crippen molar-refractivity contribution in [3.05, 3.63) is 94.6 Å². The average Bonchev–Trinajstić information content (AvgIpc) is 3.49. The maximum Gasteiger partial charge on any atom is 0.235 e. The topological polar surface area (TPSA) is 99.8 Å². The van der Waals surface area contributed by atoms with E-state index in [-0.39, 0.29) is 11.9 Å². The molecule has 1 atom stereocenters. The van der Waals surface area contributed by atoms with Crippen LogP contribution in [-0.2, 0) is 24.1 Å². The van der Waals surface area contributed by atoms with Gasteiger partial charge in [0.05, 0.1) is 32.6 Å². The van der Waals surface area contributed by atoms with Gasteiger partial charge in [-0.3, -0.25) is 9.78 Å². The minimum atomic E-state index is -0.248. The molecule has 0 aliphatic carbocycles. The summed E-state index contributed by atoms with van der Waals surface area (Å²) in [6, 6.07) is 10.2. The Morgan fingerprint density at radius 2 is 1.85 bits per heavy atom. The summed E-state index contributed by atoms with van der Waals surface area (Å²) >= 11 is 0. The number of oxazole rings is 1. The van der Waals surface area contributed by atoms with E-state index in [9.17, 15) is 4.79 Å². The normalized spacial score (nSPS) is 14.5. The maximum absolute atomic E-state index is 13.6. The fourth-order valence-electron chi connectivity index (χ4n) is 5.33. The lowest BCUT2D eigenvalue weighted by Crippen LogP contribution is -2.41. The molecule has 208 valence electrons. The van der Waals surface area contributed by atoms with E-state index in [1.54, 1.807) is 32.9 Å². The molecule has 5 rings (SSSR count). The Morgan fingerprint density at radius 1 is 1.00 bits per heavy atom. The second-order valence-corrected chi connectivity index (χ2v) is 9.89. The Balaban J connectivity index is 1.46. The van der Waals surface area contributed by atoms with Gasteiger partial charge in [0.1, 0.15) is 12.0 Å². The van der Waals surface area contributed by atoms with E-state index in [4.69, 9.17) is 18.6 Å². The highest BCUT2D eigenvalue weighted by Crippen LogP contribution is 2.42. The molecule has 2 aromatic heterocycles. The molecule has 9 heteroatoms. The van der Waals surface area contributed by atoms with Crippen LogP contribution >= 0.6 is 0 Å². The van der Waals surface area contributed by atoms with Crippen molar-refractivity contribution in [1.29, 1.82) is 0 Å². The van der Waals surface area contributed by atoms with Crippen LogP contribution in [0, 0.1) is 13.8 Å². The number of aromatic nitrogens is 3. The summed E-state index contributed by atoms with van der Waals surface area (Å²) in [4.78, 5) is 28.4. The number of hydrogen-bond acceptors (Lipinski definition) is 8. The van der Waals surface area contributed by atoms with Gasteiger partial charge < -0.3 is 23.5 Å². The molecule has 4 aromatic rings. The molecule has 0 saturated heterocycles. The predicted molar refractivity (Wildman–Crippen MR) is 149 cm³/mol. The number of carbonyl (C=O) groups excluding carboxylic acids is 1. The summed E-state index contributed by atoms with van der Waals surface area (Å²) in [5, 5.41) is 0. The first kappa shape index (κ1) is 27.2. The van der Waals surface area contributed by atoms with Crippen molar-refractivity contribution in [2.24, 2.45) is 0 Å². The van der Waals surface area contributed by atoms with Crippen LogP contribution in [0.1, 0.15) is 51.7 Å². The Labute approximate surface area is 234 Å². The number of hydrogen-bond donors (Lipinski definition) is 0. The molecule has 0 radical (unpaired) electrons. The number of rotatable bonds is 10. The molecule has 0 bridgehead atoms. The van der Waals surface area contributed by atoms with Gasteiger partial charge in [0.2, 0.25) is 11.8 Å². The van der Waals surface area contributed by atoms with Crippen molar-refractivity contribution in [2.45, 2.75) is 45.6 Å². The van der Waals surface area contributed by atoms with Crippen LogP contribution in [0.3, 0.4) is 0 Å². The van der Waals surface area contributed by atoms with Crippen LogP contribution in [0.2, 0.25) is 0 Å². The third kappa shape index (κ3) is 5.78. The minimum absolute atomic E-state index is 0.0756. The molecular weight excluding hydrogens is 508 g/mol. The molecule has 1 aliphatic heterocycles. The smallest absolute Gasteiger partial charge is 0.235 e. The SMILES string of the molecule is COc1cc2c(cc1OCCc1nccnc1OC)C(c1ccc(C)cc1C)N(C(=O)CCc1cocn1)CC2. The van der Waals surface area contributed by atoms with E-state index in [1.165, 1.54) is 12.0 Å². The summed E-state index contributed by atoms with van der Waals surface area (Å²) in [5.41, 5.74) is 7.10. The number of aryl methyl sites for hydroxylation is 3. The maximum atomic E-state index is 13.6. The largest absolute Gasteiger partial charge is 0.493 e. The van der Waals surface area contributed by atoms with Crippen LogP contribution in [0.4, 0.5) is 0 Å². The van der Waals surface area contributed by atoms with Crippen molar-refractivity contribution >= 4 is 5.91 Å². The van der Waals surface area contributed by atoms with Gasteiger partial charge in [-0.25, -0.2) is 9.97 Å². The number of methoxy groups -OCH3 is 2. The number of benzene rings is 2. The van der Waals surface area contributed by atoms with E-state index in [0.29, 0.717) is 49.8 Å². The molecular formula is C31H34N4O5. The number of carbonyl (C=O) groups is 1. The predicted octanol–water partition coefficient (Wildman–Crippen LogP) is 4.83. The summed E-state index contributed by atoms with van der Waals surface area (Å²) in [5.74, 6) is 1.84. The van der Waals surface area contributed by atoms with E-state index < -0.39 is 0 Å².